The van der Waals surface area contributed by atoms with E-state index < -0.39 is 0 Å². The summed E-state index contributed by atoms with van der Waals surface area (Å²) in [6, 6.07) is 9.99. The molecule has 2 aromatic rings. The number of amides is 2. The van der Waals surface area contributed by atoms with E-state index in [0.717, 1.165) is 41.0 Å². The highest BCUT2D eigenvalue weighted by atomic mass is 16.2. The first-order chi connectivity index (χ1) is 13.4. The van der Waals surface area contributed by atoms with Gasteiger partial charge in [0.2, 0.25) is 11.8 Å². The van der Waals surface area contributed by atoms with Crippen molar-refractivity contribution in [2.75, 3.05) is 23.7 Å². The number of anilines is 2. The van der Waals surface area contributed by atoms with Crippen LogP contribution in [0.2, 0.25) is 0 Å². The third-order valence-corrected chi connectivity index (χ3v) is 4.96. The van der Waals surface area contributed by atoms with Gasteiger partial charge in [0.15, 0.2) is 0 Å². The van der Waals surface area contributed by atoms with E-state index in [-0.39, 0.29) is 11.8 Å². The molecule has 1 aliphatic carbocycles. The fourth-order valence-corrected chi connectivity index (χ4v) is 3.30. The molecule has 28 heavy (non-hydrogen) atoms. The summed E-state index contributed by atoms with van der Waals surface area (Å²) >= 11 is 0. The predicted molar refractivity (Wildman–Crippen MR) is 111 cm³/mol. The van der Waals surface area contributed by atoms with Crippen LogP contribution in [-0.2, 0) is 9.59 Å². The molecule has 1 aromatic heterocycles. The lowest BCUT2D eigenvalue weighted by atomic mass is 10.1. The first kappa shape index (κ1) is 20.0. The number of carbonyl (C=O) groups excluding carboxylic acids is 2. The second kappa shape index (κ2) is 8.97. The minimum atomic E-state index is -0.0496. The molecule has 0 spiro atoms. The van der Waals surface area contributed by atoms with Gasteiger partial charge >= 0.3 is 0 Å². The number of benzene rings is 1. The van der Waals surface area contributed by atoms with E-state index in [1.54, 1.807) is 12.3 Å². The Bertz CT molecular complexity index is 841. The van der Waals surface area contributed by atoms with Crippen molar-refractivity contribution in [3.63, 3.8) is 0 Å². The van der Waals surface area contributed by atoms with Gasteiger partial charge in [0, 0.05) is 42.3 Å². The molecule has 148 valence electrons. The zero-order valence-electron chi connectivity index (χ0n) is 16.8. The van der Waals surface area contributed by atoms with Crippen molar-refractivity contribution in [1.29, 1.82) is 0 Å². The molecule has 1 aromatic carbocycles. The Morgan fingerprint density at radius 2 is 1.79 bits per heavy atom. The number of pyridine rings is 1. The van der Waals surface area contributed by atoms with E-state index in [0.29, 0.717) is 25.6 Å². The van der Waals surface area contributed by atoms with E-state index in [9.17, 15) is 9.59 Å². The summed E-state index contributed by atoms with van der Waals surface area (Å²) in [4.78, 5) is 31.1. The summed E-state index contributed by atoms with van der Waals surface area (Å²) in [7, 11) is 0. The molecule has 1 aliphatic rings. The average molecular weight is 380 g/mol. The van der Waals surface area contributed by atoms with Crippen LogP contribution in [0.15, 0.2) is 36.5 Å². The number of hydrogen-bond donors (Lipinski definition) is 2. The highest BCUT2D eigenvalue weighted by molar-refractivity contribution is 5.94. The second-order valence-electron chi connectivity index (χ2n) is 7.50. The zero-order valence-corrected chi connectivity index (χ0v) is 16.8. The molecule has 0 unspecified atom stereocenters. The molecule has 6 heteroatoms. The van der Waals surface area contributed by atoms with Crippen LogP contribution < -0.4 is 10.6 Å². The maximum Gasteiger partial charge on any atom is 0.238 e. The van der Waals surface area contributed by atoms with Gasteiger partial charge in [-0.2, -0.15) is 0 Å². The van der Waals surface area contributed by atoms with Gasteiger partial charge in [-0.3, -0.25) is 19.5 Å². The molecule has 1 saturated carbocycles. The zero-order chi connectivity index (χ0) is 20.1. The molecule has 1 fully saturated rings. The number of hydrogen-bond acceptors (Lipinski definition) is 4. The van der Waals surface area contributed by atoms with Crippen molar-refractivity contribution in [1.82, 2.24) is 9.88 Å². The molecule has 3 rings (SSSR count). The van der Waals surface area contributed by atoms with Crippen molar-refractivity contribution in [3.05, 3.63) is 53.3 Å². The lowest BCUT2D eigenvalue weighted by Crippen LogP contribution is -2.37. The quantitative estimate of drug-likeness (QED) is 0.736. The molecule has 0 aliphatic heterocycles. The van der Waals surface area contributed by atoms with Gasteiger partial charge in [0.1, 0.15) is 0 Å². The Kier molecular flexibility index (Phi) is 6.41. The standard InChI is InChI=1S/C22H28N4O2/c1-15-5-4-6-16(2)22(15)25-21(28)14-26(19-7-8-19)12-10-20(27)24-18-9-11-23-17(3)13-18/h4-6,9,11,13,19H,7-8,10,12,14H2,1-3H3,(H,25,28)(H,23,24,27). The molecule has 2 N–H and O–H groups in total. The van der Waals surface area contributed by atoms with E-state index in [2.05, 4.69) is 20.5 Å². The number of nitrogens with one attached hydrogen (secondary N) is 2. The van der Waals surface area contributed by atoms with E-state index >= 15 is 0 Å². The highest BCUT2D eigenvalue weighted by Gasteiger charge is 2.30. The summed E-state index contributed by atoms with van der Waals surface area (Å²) in [6.07, 6.45) is 4.21. The third kappa shape index (κ3) is 5.63. The van der Waals surface area contributed by atoms with E-state index in [1.165, 1.54) is 0 Å². The summed E-state index contributed by atoms with van der Waals surface area (Å²) in [5, 5.41) is 5.94. The largest absolute Gasteiger partial charge is 0.326 e. The minimum absolute atomic E-state index is 0.0329. The van der Waals surface area contributed by atoms with Crippen molar-refractivity contribution >= 4 is 23.2 Å². The molecule has 0 saturated heterocycles. The van der Waals surface area contributed by atoms with Crippen LogP contribution in [0.25, 0.3) is 0 Å². The first-order valence-electron chi connectivity index (χ1n) is 9.75. The van der Waals surface area contributed by atoms with Gasteiger partial charge in [-0.25, -0.2) is 0 Å². The second-order valence-corrected chi connectivity index (χ2v) is 7.50. The molecule has 0 bridgehead atoms. The van der Waals surface area contributed by atoms with E-state index in [1.807, 2.05) is 45.0 Å². The Hall–Kier alpha value is -2.73. The SMILES string of the molecule is Cc1cc(NC(=O)CCN(CC(=O)Nc2c(C)cccc2C)C2CC2)ccn1. The fourth-order valence-electron chi connectivity index (χ4n) is 3.30. The van der Waals surface area contributed by atoms with Crippen molar-refractivity contribution in [3.8, 4) is 0 Å². The molecule has 6 nitrogen and oxygen atoms in total. The molecule has 1 heterocycles. The van der Waals surface area contributed by atoms with E-state index in [4.69, 9.17) is 0 Å². The molecular weight excluding hydrogens is 352 g/mol. The van der Waals surface area contributed by atoms with Gasteiger partial charge in [0.25, 0.3) is 0 Å². The van der Waals surface area contributed by atoms with Gasteiger partial charge in [-0.15, -0.1) is 0 Å². The third-order valence-electron chi connectivity index (χ3n) is 4.96. The van der Waals surface area contributed by atoms with Gasteiger partial charge < -0.3 is 10.6 Å². The van der Waals surface area contributed by atoms with Crippen LogP contribution in [0.4, 0.5) is 11.4 Å². The minimum Gasteiger partial charge on any atom is -0.326 e. The van der Waals surface area contributed by atoms with Gasteiger partial charge in [0.05, 0.1) is 6.54 Å². The maximum absolute atomic E-state index is 12.6. The van der Waals surface area contributed by atoms with Crippen LogP contribution in [0.3, 0.4) is 0 Å². The fraction of sp³-hybridized carbons (Fsp3) is 0.409. The topological polar surface area (TPSA) is 74.3 Å². The number of aryl methyl sites for hydroxylation is 3. The lowest BCUT2D eigenvalue weighted by Gasteiger charge is -2.22. The Labute approximate surface area is 166 Å². The maximum atomic E-state index is 12.6. The number of rotatable bonds is 8. The summed E-state index contributed by atoms with van der Waals surface area (Å²) in [6.45, 7) is 6.75. The molecule has 0 atom stereocenters. The summed E-state index contributed by atoms with van der Waals surface area (Å²) < 4.78 is 0. The van der Waals surface area contributed by atoms with Crippen LogP contribution >= 0.6 is 0 Å². The lowest BCUT2D eigenvalue weighted by molar-refractivity contribution is -0.119. The molecule has 2 amide bonds. The Balaban J connectivity index is 1.52. The normalized spacial score (nSPS) is 13.4. The number of nitrogens with zero attached hydrogens (tertiary/aromatic N) is 2. The van der Waals surface area contributed by atoms with Crippen molar-refractivity contribution in [2.45, 2.75) is 46.1 Å². The molecule has 0 radical (unpaired) electrons. The van der Waals surface area contributed by atoms with Crippen molar-refractivity contribution in [2.24, 2.45) is 0 Å². The average Bonchev–Trinajstić information content (AvgIpc) is 3.47. The number of carbonyl (C=O) groups is 2. The summed E-state index contributed by atoms with van der Waals surface area (Å²) in [5.74, 6) is -0.0825. The smallest absolute Gasteiger partial charge is 0.238 e. The van der Waals surface area contributed by atoms with Gasteiger partial charge in [-0.1, -0.05) is 18.2 Å². The predicted octanol–water partition coefficient (Wildman–Crippen LogP) is 3.44. The number of aromatic nitrogens is 1. The van der Waals surface area contributed by atoms with Crippen LogP contribution in [-0.4, -0.2) is 40.8 Å². The number of para-hydroxylation sites is 1. The molecular formula is C22H28N4O2. The summed E-state index contributed by atoms with van der Waals surface area (Å²) in [5.41, 5.74) is 4.61. The van der Waals surface area contributed by atoms with Crippen LogP contribution in [0.1, 0.15) is 36.1 Å². The Morgan fingerprint density at radius 3 is 2.43 bits per heavy atom. The van der Waals surface area contributed by atoms with Crippen LogP contribution in [0.5, 0.6) is 0 Å². The van der Waals surface area contributed by atoms with Crippen molar-refractivity contribution < 1.29 is 9.59 Å². The monoisotopic (exact) mass is 380 g/mol. The first-order valence-corrected chi connectivity index (χ1v) is 9.75. The highest BCUT2D eigenvalue weighted by Crippen LogP contribution is 2.27. The van der Waals surface area contributed by atoms with Gasteiger partial charge in [-0.05, 0) is 56.9 Å². The Morgan fingerprint density at radius 1 is 1.07 bits per heavy atom. The van der Waals surface area contributed by atoms with Crippen LogP contribution in [0, 0.1) is 20.8 Å².